The van der Waals surface area contributed by atoms with Crippen LogP contribution in [0.4, 0.5) is 0 Å². The number of aryl methyl sites for hydroxylation is 1. The van der Waals surface area contributed by atoms with Crippen LogP contribution in [-0.2, 0) is 13.6 Å². The van der Waals surface area contributed by atoms with Crippen molar-refractivity contribution >= 4 is 22.8 Å². The Hall–Kier alpha value is -1.00. The predicted octanol–water partition coefficient (Wildman–Crippen LogP) is 2.25. The van der Waals surface area contributed by atoms with Gasteiger partial charge in [0.1, 0.15) is 5.82 Å². The first-order valence-corrected chi connectivity index (χ1v) is 7.18. The van der Waals surface area contributed by atoms with Crippen molar-refractivity contribution in [3.8, 4) is 0 Å². The van der Waals surface area contributed by atoms with E-state index in [9.17, 15) is 0 Å². The van der Waals surface area contributed by atoms with Crippen LogP contribution >= 0.6 is 11.8 Å². The fourth-order valence-electron chi connectivity index (χ4n) is 2.56. The zero-order valence-corrected chi connectivity index (χ0v) is 10.8. The fraction of sp³-hybridized carbons (Fsp3) is 0.462. The van der Waals surface area contributed by atoms with Crippen molar-refractivity contribution in [3.63, 3.8) is 0 Å². The van der Waals surface area contributed by atoms with E-state index in [1.54, 1.807) is 0 Å². The quantitative estimate of drug-likeness (QED) is 0.885. The summed E-state index contributed by atoms with van der Waals surface area (Å²) >= 11 is 2.03. The van der Waals surface area contributed by atoms with Crippen molar-refractivity contribution in [3.05, 3.63) is 29.6 Å². The van der Waals surface area contributed by atoms with E-state index in [1.807, 2.05) is 11.8 Å². The molecule has 1 aliphatic heterocycles. The van der Waals surface area contributed by atoms with Gasteiger partial charge < -0.3 is 10.3 Å². The summed E-state index contributed by atoms with van der Waals surface area (Å²) in [5.74, 6) is 4.31. The number of nitrogens with zero attached hydrogens (tertiary/aromatic N) is 2. The smallest absolute Gasteiger partial charge is 0.113 e. The summed E-state index contributed by atoms with van der Waals surface area (Å²) in [5.41, 5.74) is 9.22. The molecule has 1 fully saturated rings. The fourth-order valence-corrected chi connectivity index (χ4v) is 3.78. The molecule has 3 rings (SSSR count). The summed E-state index contributed by atoms with van der Waals surface area (Å²) < 4.78 is 2.24. The van der Waals surface area contributed by atoms with E-state index in [1.165, 1.54) is 29.3 Å². The zero-order chi connectivity index (χ0) is 11.8. The maximum Gasteiger partial charge on any atom is 0.113 e. The first-order valence-electron chi connectivity index (χ1n) is 6.03. The third-order valence-corrected chi connectivity index (χ3v) is 4.71. The highest BCUT2D eigenvalue weighted by Gasteiger charge is 2.23. The van der Waals surface area contributed by atoms with E-state index in [0.717, 1.165) is 11.1 Å². The van der Waals surface area contributed by atoms with E-state index in [4.69, 9.17) is 10.7 Å². The summed E-state index contributed by atoms with van der Waals surface area (Å²) in [5, 5.41) is 0. The molecule has 17 heavy (non-hydrogen) atoms. The van der Waals surface area contributed by atoms with Crippen LogP contribution in [0.2, 0.25) is 0 Å². The largest absolute Gasteiger partial charge is 0.331 e. The molecular formula is C13H17N3S. The van der Waals surface area contributed by atoms with E-state index < -0.39 is 0 Å². The molecule has 0 amide bonds. The van der Waals surface area contributed by atoms with Gasteiger partial charge in [0.25, 0.3) is 0 Å². The minimum atomic E-state index is 0.563. The van der Waals surface area contributed by atoms with Crippen LogP contribution in [-0.4, -0.2) is 21.1 Å². The number of thioether (sulfide) groups is 1. The van der Waals surface area contributed by atoms with Crippen LogP contribution in [0.25, 0.3) is 11.0 Å². The highest BCUT2D eigenvalue weighted by molar-refractivity contribution is 7.99. The Labute approximate surface area is 105 Å². The molecule has 3 nitrogen and oxygen atoms in total. The molecule has 1 saturated heterocycles. The SMILES string of the molecule is Cn1c(C2CCSC2)nc2c(CN)cccc21. The molecule has 0 saturated carbocycles. The maximum atomic E-state index is 5.78. The molecule has 90 valence electrons. The number of para-hydroxylation sites is 1. The van der Waals surface area contributed by atoms with Crippen LogP contribution in [0, 0.1) is 0 Å². The Bertz CT molecular complexity index is 541. The Kier molecular flexibility index (Phi) is 2.84. The molecule has 2 N–H and O–H groups in total. The molecule has 0 radical (unpaired) electrons. The van der Waals surface area contributed by atoms with Gasteiger partial charge in [0.2, 0.25) is 0 Å². The average Bonchev–Trinajstić information content (AvgIpc) is 2.97. The first kappa shape index (κ1) is 11.1. The van der Waals surface area contributed by atoms with Gasteiger partial charge in [-0.1, -0.05) is 12.1 Å². The van der Waals surface area contributed by atoms with Gasteiger partial charge in [-0.25, -0.2) is 4.98 Å². The third-order valence-electron chi connectivity index (χ3n) is 3.54. The molecule has 1 atom stereocenters. The number of fused-ring (bicyclic) bond motifs is 1. The van der Waals surface area contributed by atoms with Gasteiger partial charge >= 0.3 is 0 Å². The molecule has 0 aliphatic carbocycles. The van der Waals surface area contributed by atoms with Crippen molar-refractivity contribution in [1.29, 1.82) is 0 Å². The number of nitrogens with two attached hydrogens (primary N) is 1. The molecule has 1 aromatic carbocycles. The highest BCUT2D eigenvalue weighted by atomic mass is 32.2. The van der Waals surface area contributed by atoms with Crippen molar-refractivity contribution in [2.45, 2.75) is 18.9 Å². The third kappa shape index (κ3) is 1.76. The first-order chi connectivity index (χ1) is 8.31. The second kappa shape index (κ2) is 4.35. The summed E-state index contributed by atoms with van der Waals surface area (Å²) in [6.07, 6.45) is 1.25. The van der Waals surface area contributed by atoms with Gasteiger partial charge in [-0.15, -0.1) is 0 Å². The minimum Gasteiger partial charge on any atom is -0.331 e. The topological polar surface area (TPSA) is 43.8 Å². The highest BCUT2D eigenvalue weighted by Crippen LogP contribution is 2.33. The molecule has 2 aromatic rings. The van der Waals surface area contributed by atoms with Crippen molar-refractivity contribution < 1.29 is 0 Å². The lowest BCUT2D eigenvalue weighted by atomic mass is 10.1. The molecule has 2 heterocycles. The molecule has 0 bridgehead atoms. The number of hydrogen-bond acceptors (Lipinski definition) is 3. The Morgan fingerprint density at radius 1 is 1.53 bits per heavy atom. The molecule has 1 aromatic heterocycles. The lowest BCUT2D eigenvalue weighted by molar-refractivity contribution is 0.680. The van der Waals surface area contributed by atoms with Gasteiger partial charge in [0.05, 0.1) is 11.0 Å². The van der Waals surface area contributed by atoms with Gasteiger partial charge in [-0.2, -0.15) is 11.8 Å². The van der Waals surface area contributed by atoms with E-state index >= 15 is 0 Å². The van der Waals surface area contributed by atoms with Crippen LogP contribution in [0.1, 0.15) is 23.7 Å². The van der Waals surface area contributed by atoms with Crippen molar-refractivity contribution in [2.24, 2.45) is 12.8 Å². The predicted molar refractivity (Wildman–Crippen MR) is 73.3 cm³/mol. The Morgan fingerprint density at radius 2 is 2.41 bits per heavy atom. The van der Waals surface area contributed by atoms with Crippen molar-refractivity contribution in [1.82, 2.24) is 9.55 Å². The number of rotatable bonds is 2. The molecule has 1 aliphatic rings. The lowest BCUT2D eigenvalue weighted by Gasteiger charge is -2.07. The summed E-state index contributed by atoms with van der Waals surface area (Å²) in [6, 6.07) is 6.27. The van der Waals surface area contributed by atoms with Gasteiger partial charge in [-0.3, -0.25) is 0 Å². The van der Waals surface area contributed by atoms with Gasteiger partial charge in [0.15, 0.2) is 0 Å². The number of hydrogen-bond donors (Lipinski definition) is 1. The molecule has 0 spiro atoms. The second-order valence-electron chi connectivity index (χ2n) is 4.58. The maximum absolute atomic E-state index is 5.78. The lowest BCUT2D eigenvalue weighted by Crippen LogP contribution is -2.05. The summed E-state index contributed by atoms with van der Waals surface area (Å²) in [6.45, 7) is 0.563. The normalized spacial score (nSPS) is 20.2. The monoisotopic (exact) mass is 247 g/mol. The minimum absolute atomic E-state index is 0.563. The standard InChI is InChI=1S/C13H17N3S/c1-16-11-4-2-3-9(7-14)12(11)15-13(16)10-5-6-17-8-10/h2-4,10H,5-8,14H2,1H3. The average molecular weight is 247 g/mol. The molecule has 1 unspecified atom stereocenters. The second-order valence-corrected chi connectivity index (χ2v) is 5.73. The number of benzene rings is 1. The number of aromatic nitrogens is 2. The van der Waals surface area contributed by atoms with Crippen LogP contribution in [0.3, 0.4) is 0 Å². The van der Waals surface area contributed by atoms with E-state index in [0.29, 0.717) is 12.5 Å². The number of imidazole rings is 1. The van der Waals surface area contributed by atoms with Gasteiger partial charge in [-0.05, 0) is 23.8 Å². The summed E-state index contributed by atoms with van der Waals surface area (Å²) in [7, 11) is 2.12. The van der Waals surface area contributed by atoms with Crippen LogP contribution in [0.5, 0.6) is 0 Å². The van der Waals surface area contributed by atoms with Crippen molar-refractivity contribution in [2.75, 3.05) is 11.5 Å². The Morgan fingerprint density at radius 3 is 3.12 bits per heavy atom. The zero-order valence-electron chi connectivity index (χ0n) is 10.0. The van der Waals surface area contributed by atoms with Gasteiger partial charge in [0, 0.05) is 25.3 Å². The van der Waals surface area contributed by atoms with E-state index in [2.05, 4.69) is 29.8 Å². The Balaban J connectivity index is 2.16. The van der Waals surface area contributed by atoms with Crippen LogP contribution < -0.4 is 5.73 Å². The summed E-state index contributed by atoms with van der Waals surface area (Å²) in [4.78, 5) is 4.83. The molecular weight excluding hydrogens is 230 g/mol. The van der Waals surface area contributed by atoms with E-state index in [-0.39, 0.29) is 0 Å². The molecule has 4 heteroatoms. The van der Waals surface area contributed by atoms with Crippen LogP contribution in [0.15, 0.2) is 18.2 Å².